The summed E-state index contributed by atoms with van der Waals surface area (Å²) in [5, 5.41) is 15.4. The first-order chi connectivity index (χ1) is 19.7. The SMILES string of the molecule is C[C@@H](c1cc2ccccn2c1-c1ccn(CCN(C)C)c(=O)c1)n1nc(-c2cc(O)cc(F)c2)c2c(N)ncnc21. The zero-order valence-corrected chi connectivity index (χ0v) is 22.9. The van der Waals surface area contributed by atoms with Crippen molar-refractivity contribution in [1.82, 2.24) is 33.6 Å². The van der Waals surface area contributed by atoms with Gasteiger partial charge < -0.3 is 24.7 Å². The van der Waals surface area contributed by atoms with Crippen LogP contribution in [0.15, 0.2) is 78.1 Å². The highest BCUT2D eigenvalue weighted by Gasteiger charge is 2.25. The number of nitrogens with two attached hydrogens (primary N) is 1. The molecule has 10 nitrogen and oxygen atoms in total. The van der Waals surface area contributed by atoms with Crippen molar-refractivity contribution in [3.05, 3.63) is 95.1 Å². The highest BCUT2D eigenvalue weighted by molar-refractivity contribution is 5.98. The van der Waals surface area contributed by atoms with Crippen LogP contribution in [0.1, 0.15) is 18.5 Å². The third-order valence-electron chi connectivity index (χ3n) is 7.26. The van der Waals surface area contributed by atoms with E-state index in [9.17, 15) is 14.3 Å². The van der Waals surface area contributed by atoms with Crippen molar-refractivity contribution in [3.63, 3.8) is 0 Å². The second-order valence-corrected chi connectivity index (χ2v) is 10.3. The Balaban J connectivity index is 1.53. The third-order valence-corrected chi connectivity index (χ3v) is 7.26. The summed E-state index contributed by atoms with van der Waals surface area (Å²) < 4.78 is 19.7. The van der Waals surface area contributed by atoms with Crippen LogP contribution in [0.3, 0.4) is 0 Å². The normalized spacial score (nSPS) is 12.5. The maximum atomic E-state index is 14.3. The van der Waals surface area contributed by atoms with Crippen LogP contribution >= 0.6 is 0 Å². The number of aromatic hydroxyl groups is 1. The molecular weight excluding hydrogens is 523 g/mol. The van der Waals surface area contributed by atoms with Gasteiger partial charge in [-0.1, -0.05) is 6.07 Å². The number of aromatic nitrogens is 6. The number of likely N-dealkylation sites (N-methyl/N-ethyl adjacent to an activating group) is 1. The number of pyridine rings is 2. The molecule has 1 atom stereocenters. The van der Waals surface area contributed by atoms with Crippen LogP contribution in [0.5, 0.6) is 5.75 Å². The molecule has 6 rings (SSSR count). The lowest BCUT2D eigenvalue weighted by molar-refractivity contribution is 0.381. The van der Waals surface area contributed by atoms with E-state index in [0.29, 0.717) is 28.8 Å². The van der Waals surface area contributed by atoms with Gasteiger partial charge >= 0.3 is 0 Å². The van der Waals surface area contributed by atoms with Gasteiger partial charge in [0.25, 0.3) is 5.56 Å². The molecule has 0 unspecified atom stereocenters. The zero-order valence-electron chi connectivity index (χ0n) is 22.9. The number of phenols is 1. The van der Waals surface area contributed by atoms with Gasteiger partial charge in [-0.2, -0.15) is 5.10 Å². The van der Waals surface area contributed by atoms with Crippen molar-refractivity contribution >= 4 is 22.4 Å². The van der Waals surface area contributed by atoms with Crippen LogP contribution in [0, 0.1) is 5.82 Å². The maximum Gasteiger partial charge on any atom is 0.251 e. The molecule has 0 spiro atoms. The van der Waals surface area contributed by atoms with Crippen molar-refractivity contribution in [2.45, 2.75) is 19.5 Å². The number of benzene rings is 1. The van der Waals surface area contributed by atoms with Gasteiger partial charge in [-0.15, -0.1) is 0 Å². The molecule has 0 aliphatic carbocycles. The first kappa shape index (κ1) is 26.2. The molecule has 0 radical (unpaired) electrons. The average Bonchev–Trinajstić information content (AvgIpc) is 3.52. The maximum absolute atomic E-state index is 14.3. The summed E-state index contributed by atoms with van der Waals surface area (Å²) in [6.45, 7) is 3.32. The molecule has 0 saturated carbocycles. The summed E-state index contributed by atoms with van der Waals surface area (Å²) in [5.41, 5.74) is 10.8. The van der Waals surface area contributed by atoms with E-state index in [1.165, 1.54) is 18.5 Å². The number of phenolic OH excluding ortho intramolecular Hbond substituents is 1. The van der Waals surface area contributed by atoms with Gasteiger partial charge in [-0.3, -0.25) is 4.79 Å². The lowest BCUT2D eigenvalue weighted by Crippen LogP contribution is -2.25. The second kappa shape index (κ2) is 10.2. The average molecular weight is 553 g/mol. The molecule has 11 heteroatoms. The molecule has 208 valence electrons. The Morgan fingerprint density at radius 2 is 1.88 bits per heavy atom. The van der Waals surface area contributed by atoms with Crippen LogP contribution in [0.4, 0.5) is 10.2 Å². The van der Waals surface area contributed by atoms with Gasteiger partial charge in [0.2, 0.25) is 0 Å². The molecule has 0 bridgehead atoms. The molecule has 3 N–H and O–H groups in total. The van der Waals surface area contributed by atoms with E-state index in [1.807, 2.05) is 67.0 Å². The molecule has 0 aliphatic heterocycles. The Bertz CT molecular complexity index is 1950. The van der Waals surface area contributed by atoms with Crippen molar-refractivity contribution in [2.24, 2.45) is 0 Å². The van der Waals surface area contributed by atoms with Crippen LogP contribution in [0.2, 0.25) is 0 Å². The first-order valence-corrected chi connectivity index (χ1v) is 13.2. The largest absolute Gasteiger partial charge is 0.508 e. The number of halogens is 1. The number of anilines is 1. The molecule has 1 aromatic carbocycles. The summed E-state index contributed by atoms with van der Waals surface area (Å²) in [7, 11) is 3.94. The number of nitrogen functional groups attached to an aromatic ring is 1. The molecule has 6 aromatic rings. The monoisotopic (exact) mass is 552 g/mol. The van der Waals surface area contributed by atoms with E-state index >= 15 is 0 Å². The minimum absolute atomic E-state index is 0.0907. The minimum Gasteiger partial charge on any atom is -0.508 e. The topological polar surface area (TPSA) is 120 Å². The first-order valence-electron chi connectivity index (χ1n) is 13.2. The fourth-order valence-electron chi connectivity index (χ4n) is 5.23. The summed E-state index contributed by atoms with van der Waals surface area (Å²) in [6, 6.07) is 14.9. The van der Waals surface area contributed by atoms with E-state index in [0.717, 1.165) is 34.9 Å². The molecule has 0 fully saturated rings. The van der Waals surface area contributed by atoms with Crippen LogP contribution in [0.25, 0.3) is 39.1 Å². The summed E-state index contributed by atoms with van der Waals surface area (Å²) in [5.74, 6) is -0.643. The van der Waals surface area contributed by atoms with Crippen molar-refractivity contribution in [2.75, 3.05) is 26.4 Å². The Kier molecular flexibility index (Phi) is 6.50. The number of hydrogen-bond acceptors (Lipinski definition) is 7. The summed E-state index contributed by atoms with van der Waals surface area (Å²) in [6.07, 6.45) is 5.14. The summed E-state index contributed by atoms with van der Waals surface area (Å²) in [4.78, 5) is 23.8. The molecule has 5 heterocycles. The van der Waals surface area contributed by atoms with Gasteiger partial charge in [0.1, 0.15) is 29.4 Å². The predicted molar refractivity (Wildman–Crippen MR) is 156 cm³/mol. The number of nitrogens with zero attached hydrogens (tertiary/aromatic N) is 7. The molecule has 0 aliphatic rings. The minimum atomic E-state index is -0.604. The van der Waals surface area contributed by atoms with Crippen LogP contribution < -0.4 is 11.3 Å². The highest BCUT2D eigenvalue weighted by atomic mass is 19.1. The van der Waals surface area contributed by atoms with Gasteiger partial charge in [0.15, 0.2) is 5.65 Å². The number of hydrogen-bond donors (Lipinski definition) is 2. The van der Waals surface area contributed by atoms with E-state index in [4.69, 9.17) is 10.8 Å². The van der Waals surface area contributed by atoms with Gasteiger partial charge in [-0.25, -0.2) is 19.0 Å². The second-order valence-electron chi connectivity index (χ2n) is 10.3. The van der Waals surface area contributed by atoms with Crippen molar-refractivity contribution in [3.8, 4) is 28.3 Å². The lowest BCUT2D eigenvalue weighted by atomic mass is 10.0. The Hall–Kier alpha value is -5.03. The fourth-order valence-corrected chi connectivity index (χ4v) is 5.23. The van der Waals surface area contributed by atoms with E-state index in [1.54, 1.807) is 15.3 Å². The van der Waals surface area contributed by atoms with E-state index < -0.39 is 5.82 Å². The summed E-state index contributed by atoms with van der Waals surface area (Å²) >= 11 is 0. The number of rotatable bonds is 7. The Labute approximate surface area is 234 Å². The standard InChI is InChI=1S/C30H29FN8O2/c1-18(39-30-26(29(32)33-17-34-30)27(35-39)20-12-21(31)15-23(40)13-20)24-16-22-6-4-5-8-38(22)28(24)19-7-9-37(25(41)14-19)11-10-36(2)3/h4-9,12-18,40H,10-11H2,1-3H3,(H2,32,33,34)/t18-/m0/s1. The zero-order chi connectivity index (χ0) is 28.8. The van der Waals surface area contributed by atoms with Gasteiger partial charge in [0, 0.05) is 59.8 Å². The number of fused-ring (bicyclic) bond motifs is 2. The smallest absolute Gasteiger partial charge is 0.251 e. The van der Waals surface area contributed by atoms with Gasteiger partial charge in [0.05, 0.1) is 17.1 Å². The van der Waals surface area contributed by atoms with Crippen LogP contribution in [-0.4, -0.2) is 59.4 Å². The van der Waals surface area contributed by atoms with E-state index in [-0.39, 0.29) is 23.2 Å². The van der Waals surface area contributed by atoms with E-state index in [2.05, 4.69) is 16.0 Å². The Morgan fingerprint density at radius 1 is 1.05 bits per heavy atom. The lowest BCUT2D eigenvalue weighted by Gasteiger charge is -2.16. The fraction of sp³-hybridized carbons (Fsp3) is 0.200. The highest BCUT2D eigenvalue weighted by Crippen LogP contribution is 2.38. The molecular formula is C30H29FN8O2. The van der Waals surface area contributed by atoms with Crippen LogP contribution in [-0.2, 0) is 6.54 Å². The van der Waals surface area contributed by atoms with Crippen molar-refractivity contribution < 1.29 is 9.50 Å². The van der Waals surface area contributed by atoms with Crippen molar-refractivity contribution in [1.29, 1.82) is 0 Å². The Morgan fingerprint density at radius 3 is 2.63 bits per heavy atom. The molecule has 5 aromatic heterocycles. The molecule has 41 heavy (non-hydrogen) atoms. The predicted octanol–water partition coefficient (Wildman–Crippen LogP) is 4.17. The molecule has 0 saturated heterocycles. The third kappa shape index (κ3) is 4.70. The van der Waals surface area contributed by atoms with Gasteiger partial charge in [-0.05, 0) is 57.4 Å². The quantitative estimate of drug-likeness (QED) is 0.305. The molecule has 0 amide bonds.